The molecule has 2 N–H and O–H groups in total. The summed E-state index contributed by atoms with van der Waals surface area (Å²) in [4.78, 5) is 11.5. The van der Waals surface area contributed by atoms with Gasteiger partial charge in [-0.2, -0.15) is 0 Å². The van der Waals surface area contributed by atoms with Crippen molar-refractivity contribution in [2.75, 3.05) is 18.5 Å². The highest BCUT2D eigenvalue weighted by Crippen LogP contribution is 2.34. The number of hydrogen-bond donors (Lipinski definition) is 2. The van der Waals surface area contributed by atoms with Crippen molar-refractivity contribution in [1.29, 1.82) is 0 Å². The molecule has 1 amide bonds. The van der Waals surface area contributed by atoms with Crippen LogP contribution in [-0.2, 0) is 9.53 Å². The Morgan fingerprint density at radius 1 is 1.33 bits per heavy atom. The summed E-state index contributed by atoms with van der Waals surface area (Å²) in [7, 11) is 0. The number of benzene rings is 1. The molecule has 0 aliphatic rings. The van der Waals surface area contributed by atoms with Crippen LogP contribution in [0.4, 0.5) is 5.69 Å². The van der Waals surface area contributed by atoms with E-state index in [9.17, 15) is 9.90 Å². The fraction of sp³-hybridized carbons (Fsp3) is 0.417. The lowest BCUT2D eigenvalue weighted by molar-refractivity contribution is -0.117. The van der Waals surface area contributed by atoms with Gasteiger partial charge in [-0.15, -0.1) is 0 Å². The number of nitrogens with one attached hydrogen (secondary N) is 1. The molecule has 0 radical (unpaired) electrons. The van der Waals surface area contributed by atoms with Crippen LogP contribution in [-0.4, -0.2) is 24.2 Å². The van der Waals surface area contributed by atoms with Crippen LogP contribution in [0.2, 0.25) is 10.0 Å². The molecule has 0 saturated carbocycles. The van der Waals surface area contributed by atoms with Gasteiger partial charge < -0.3 is 15.2 Å². The van der Waals surface area contributed by atoms with Crippen LogP contribution < -0.4 is 5.32 Å². The molecule has 0 bridgehead atoms. The van der Waals surface area contributed by atoms with Crippen molar-refractivity contribution in [3.05, 3.63) is 22.2 Å². The van der Waals surface area contributed by atoms with E-state index >= 15 is 0 Å². The molecule has 0 saturated heterocycles. The monoisotopic (exact) mass is 291 g/mol. The van der Waals surface area contributed by atoms with Crippen molar-refractivity contribution in [2.24, 2.45) is 0 Å². The van der Waals surface area contributed by atoms with E-state index in [2.05, 4.69) is 5.32 Å². The van der Waals surface area contributed by atoms with Crippen molar-refractivity contribution in [1.82, 2.24) is 0 Å². The van der Waals surface area contributed by atoms with Crippen LogP contribution in [0.25, 0.3) is 0 Å². The van der Waals surface area contributed by atoms with Crippen LogP contribution in [0, 0.1) is 0 Å². The molecule has 0 aliphatic heterocycles. The number of rotatable bonds is 6. The average Bonchev–Trinajstić information content (AvgIpc) is 2.31. The zero-order valence-electron chi connectivity index (χ0n) is 10.0. The predicted molar refractivity (Wildman–Crippen MR) is 72.5 cm³/mol. The van der Waals surface area contributed by atoms with Crippen LogP contribution in [0.3, 0.4) is 0 Å². The van der Waals surface area contributed by atoms with Gasteiger partial charge in [0.05, 0.1) is 23.1 Å². The molecule has 1 rings (SSSR count). The summed E-state index contributed by atoms with van der Waals surface area (Å²) in [6, 6.07) is 2.88. The molecule has 0 fully saturated rings. The molecule has 0 atom stereocenters. The quantitative estimate of drug-likeness (QED) is 0.623. The first-order chi connectivity index (χ1) is 8.54. The van der Waals surface area contributed by atoms with Gasteiger partial charge in [0.1, 0.15) is 0 Å². The highest BCUT2D eigenvalue weighted by molar-refractivity contribution is 6.37. The van der Waals surface area contributed by atoms with E-state index < -0.39 is 0 Å². The summed E-state index contributed by atoms with van der Waals surface area (Å²) in [5, 5.41) is 12.2. The summed E-state index contributed by atoms with van der Waals surface area (Å²) in [5.41, 5.74) is 0.447. The second kappa shape index (κ2) is 7.46. The number of hydrogen-bond acceptors (Lipinski definition) is 3. The van der Waals surface area contributed by atoms with Gasteiger partial charge in [-0.05, 0) is 18.6 Å². The fourth-order valence-electron chi connectivity index (χ4n) is 1.27. The van der Waals surface area contributed by atoms with E-state index in [4.69, 9.17) is 27.9 Å². The first-order valence-corrected chi connectivity index (χ1v) is 6.35. The first-order valence-electron chi connectivity index (χ1n) is 5.60. The number of aromatic hydroxyl groups is 1. The molecule has 4 nitrogen and oxygen atoms in total. The van der Waals surface area contributed by atoms with Gasteiger partial charge in [0.2, 0.25) is 5.91 Å². The minimum absolute atomic E-state index is 0.0973. The molecule has 18 heavy (non-hydrogen) atoms. The Labute approximate surface area is 116 Å². The van der Waals surface area contributed by atoms with E-state index in [1.807, 2.05) is 6.92 Å². The Hall–Kier alpha value is -0.970. The van der Waals surface area contributed by atoms with Gasteiger partial charge in [-0.3, -0.25) is 4.79 Å². The van der Waals surface area contributed by atoms with Crippen LogP contribution in [0.1, 0.15) is 19.8 Å². The van der Waals surface area contributed by atoms with Crippen molar-refractivity contribution in [3.63, 3.8) is 0 Å². The van der Waals surface area contributed by atoms with Gasteiger partial charge in [-0.1, -0.05) is 30.1 Å². The Bertz CT molecular complexity index is 401. The third-order valence-corrected chi connectivity index (χ3v) is 2.70. The van der Waals surface area contributed by atoms with Crippen molar-refractivity contribution in [3.8, 4) is 5.75 Å². The Morgan fingerprint density at radius 3 is 2.50 bits per heavy atom. The molecule has 0 spiro atoms. The minimum atomic E-state index is -0.192. The van der Waals surface area contributed by atoms with E-state index in [-0.39, 0.29) is 28.1 Å². The second-order valence-corrected chi connectivity index (χ2v) is 4.51. The lowest BCUT2D eigenvalue weighted by Crippen LogP contribution is -2.14. The Kier molecular flexibility index (Phi) is 6.25. The molecule has 6 heteroatoms. The second-order valence-electron chi connectivity index (χ2n) is 3.70. The number of halogens is 2. The molecular weight excluding hydrogens is 277 g/mol. The maximum Gasteiger partial charge on any atom is 0.226 e. The normalized spacial score (nSPS) is 10.4. The predicted octanol–water partition coefficient (Wildman–Crippen LogP) is 3.45. The van der Waals surface area contributed by atoms with Gasteiger partial charge in [-0.25, -0.2) is 0 Å². The highest BCUT2D eigenvalue weighted by atomic mass is 35.5. The van der Waals surface area contributed by atoms with Crippen LogP contribution >= 0.6 is 23.2 Å². The highest BCUT2D eigenvalue weighted by Gasteiger charge is 2.08. The third-order valence-electron chi connectivity index (χ3n) is 2.12. The summed E-state index contributed by atoms with van der Waals surface area (Å²) in [6.07, 6.45) is 1.18. The number of ether oxygens (including phenoxy) is 1. The zero-order valence-corrected chi connectivity index (χ0v) is 11.5. The number of carbonyl (C=O) groups excluding carboxylic acids is 1. The fourth-order valence-corrected chi connectivity index (χ4v) is 1.76. The maximum absolute atomic E-state index is 11.5. The summed E-state index contributed by atoms with van der Waals surface area (Å²) in [5.74, 6) is -0.383. The van der Waals surface area contributed by atoms with Crippen LogP contribution in [0.15, 0.2) is 12.1 Å². The molecule has 1 aromatic carbocycles. The topological polar surface area (TPSA) is 58.6 Å². The largest absolute Gasteiger partial charge is 0.505 e. The molecule has 100 valence electrons. The molecule has 0 aliphatic carbocycles. The molecule has 0 heterocycles. The lowest BCUT2D eigenvalue weighted by Gasteiger charge is -2.08. The van der Waals surface area contributed by atoms with Crippen molar-refractivity contribution < 1.29 is 14.6 Å². The van der Waals surface area contributed by atoms with E-state index in [0.717, 1.165) is 6.42 Å². The smallest absolute Gasteiger partial charge is 0.226 e. The lowest BCUT2D eigenvalue weighted by atomic mass is 10.3. The maximum atomic E-state index is 11.5. The van der Waals surface area contributed by atoms with Gasteiger partial charge in [0.25, 0.3) is 0 Å². The Morgan fingerprint density at radius 2 is 1.94 bits per heavy atom. The van der Waals surface area contributed by atoms with E-state index in [0.29, 0.717) is 18.9 Å². The Balaban J connectivity index is 2.49. The van der Waals surface area contributed by atoms with E-state index in [1.165, 1.54) is 12.1 Å². The van der Waals surface area contributed by atoms with Gasteiger partial charge in [0, 0.05) is 12.3 Å². The number of anilines is 1. The summed E-state index contributed by atoms with van der Waals surface area (Å²) in [6.45, 7) is 3.02. The van der Waals surface area contributed by atoms with E-state index in [1.54, 1.807) is 0 Å². The SMILES string of the molecule is CCCOCCC(=O)Nc1cc(Cl)c(O)c(Cl)c1. The molecule has 0 aromatic heterocycles. The number of phenolic OH excluding ortho intramolecular Hbond substituents is 1. The van der Waals surface area contributed by atoms with Crippen molar-refractivity contribution in [2.45, 2.75) is 19.8 Å². The van der Waals surface area contributed by atoms with Crippen LogP contribution in [0.5, 0.6) is 5.75 Å². The van der Waals surface area contributed by atoms with Gasteiger partial charge in [0.15, 0.2) is 5.75 Å². The van der Waals surface area contributed by atoms with Gasteiger partial charge >= 0.3 is 0 Å². The number of amides is 1. The van der Waals surface area contributed by atoms with Crippen molar-refractivity contribution >= 4 is 34.8 Å². The molecule has 0 unspecified atom stereocenters. The summed E-state index contributed by atoms with van der Waals surface area (Å²) >= 11 is 11.5. The minimum Gasteiger partial charge on any atom is -0.505 e. The summed E-state index contributed by atoms with van der Waals surface area (Å²) < 4.78 is 5.20. The molecular formula is C12H15Cl2NO3. The third kappa shape index (κ3) is 4.72. The standard InChI is InChI=1S/C12H15Cl2NO3/c1-2-4-18-5-3-11(16)15-8-6-9(13)12(17)10(14)7-8/h6-7,17H,2-5H2,1H3,(H,15,16). The average molecular weight is 292 g/mol. The number of carbonyl (C=O) groups is 1. The number of phenols is 1. The zero-order chi connectivity index (χ0) is 13.5. The first kappa shape index (κ1) is 15.1. The molecule has 1 aromatic rings.